The Balaban J connectivity index is 2.08. The normalized spacial score (nSPS) is 11.9. The maximum absolute atomic E-state index is 12.6. The molecule has 0 fully saturated rings. The van der Waals surface area contributed by atoms with Gasteiger partial charge in [0, 0.05) is 17.6 Å². The molecule has 0 spiro atoms. The van der Waals surface area contributed by atoms with Gasteiger partial charge in [-0.2, -0.15) is 0 Å². The smallest absolute Gasteiger partial charge is 0.241 e. The topological polar surface area (TPSA) is 50.8 Å². The van der Waals surface area contributed by atoms with Gasteiger partial charge in [0.25, 0.3) is 0 Å². The summed E-state index contributed by atoms with van der Waals surface area (Å²) >= 11 is 6.20. The van der Waals surface area contributed by atoms with Gasteiger partial charge in [0.05, 0.1) is 25.9 Å². The van der Waals surface area contributed by atoms with E-state index in [1.54, 1.807) is 32.4 Å². The third-order valence-electron chi connectivity index (χ3n) is 4.08. The fourth-order valence-corrected chi connectivity index (χ4v) is 2.58. The lowest BCUT2D eigenvalue weighted by Gasteiger charge is -2.24. The van der Waals surface area contributed by atoms with Gasteiger partial charge in [-0.15, -0.1) is 0 Å². The molecule has 134 valence electrons. The molecule has 0 saturated carbocycles. The summed E-state index contributed by atoms with van der Waals surface area (Å²) in [5.41, 5.74) is 1.55. The first kappa shape index (κ1) is 19.1. The van der Waals surface area contributed by atoms with Crippen molar-refractivity contribution in [1.82, 2.24) is 4.90 Å². The van der Waals surface area contributed by atoms with Crippen LogP contribution in [0, 0.1) is 0 Å². The molecular formula is C19H23ClN2O3. The Morgan fingerprint density at radius 2 is 1.92 bits per heavy atom. The van der Waals surface area contributed by atoms with Crippen LogP contribution in [0.1, 0.15) is 12.5 Å². The highest BCUT2D eigenvalue weighted by molar-refractivity contribution is 6.31. The van der Waals surface area contributed by atoms with E-state index in [1.807, 2.05) is 43.1 Å². The molecule has 1 amide bonds. The molecule has 0 radical (unpaired) electrons. The predicted octanol–water partition coefficient (Wildman–Crippen LogP) is 3.82. The van der Waals surface area contributed by atoms with E-state index >= 15 is 0 Å². The molecule has 6 heteroatoms. The average Bonchev–Trinajstić information content (AvgIpc) is 2.62. The lowest BCUT2D eigenvalue weighted by Crippen LogP contribution is -2.39. The van der Waals surface area contributed by atoms with Crippen molar-refractivity contribution in [2.24, 2.45) is 0 Å². The van der Waals surface area contributed by atoms with Gasteiger partial charge < -0.3 is 14.8 Å². The van der Waals surface area contributed by atoms with E-state index < -0.39 is 0 Å². The largest absolute Gasteiger partial charge is 0.497 e. The first-order valence-corrected chi connectivity index (χ1v) is 8.30. The zero-order valence-electron chi connectivity index (χ0n) is 14.9. The second-order valence-corrected chi connectivity index (χ2v) is 6.15. The number of benzene rings is 2. The highest BCUT2D eigenvalue weighted by Crippen LogP contribution is 2.29. The van der Waals surface area contributed by atoms with Gasteiger partial charge in [0.1, 0.15) is 11.5 Å². The minimum atomic E-state index is -0.354. The number of anilines is 1. The predicted molar refractivity (Wildman–Crippen MR) is 101 cm³/mol. The van der Waals surface area contributed by atoms with Gasteiger partial charge in [0.2, 0.25) is 5.91 Å². The maximum Gasteiger partial charge on any atom is 0.241 e. The van der Waals surface area contributed by atoms with E-state index in [9.17, 15) is 4.79 Å². The highest BCUT2D eigenvalue weighted by atomic mass is 35.5. The number of rotatable bonds is 7. The van der Waals surface area contributed by atoms with Gasteiger partial charge in [-0.25, -0.2) is 0 Å². The molecule has 0 heterocycles. The van der Waals surface area contributed by atoms with Crippen LogP contribution in [0.15, 0.2) is 42.5 Å². The van der Waals surface area contributed by atoms with E-state index in [2.05, 4.69) is 5.32 Å². The van der Waals surface area contributed by atoms with Crippen LogP contribution >= 0.6 is 11.6 Å². The molecule has 0 bridgehead atoms. The van der Waals surface area contributed by atoms with Crippen molar-refractivity contribution >= 4 is 23.2 Å². The Morgan fingerprint density at radius 1 is 1.20 bits per heavy atom. The minimum absolute atomic E-state index is 0.138. The van der Waals surface area contributed by atoms with E-state index in [0.29, 0.717) is 28.8 Å². The van der Waals surface area contributed by atoms with E-state index in [1.165, 1.54) is 0 Å². The van der Waals surface area contributed by atoms with Crippen LogP contribution in [-0.4, -0.2) is 38.1 Å². The van der Waals surface area contributed by atoms with Gasteiger partial charge in [-0.1, -0.05) is 29.8 Å². The molecule has 1 unspecified atom stereocenters. The number of hydrogen-bond acceptors (Lipinski definition) is 4. The number of likely N-dealkylation sites (N-methyl/N-ethyl adjacent to an activating group) is 1. The molecule has 2 rings (SSSR count). The standard InChI is InChI=1S/C19H23ClN2O3/c1-13(22(2)12-14-7-5-6-8-16(14)20)19(23)21-17-11-15(24-3)9-10-18(17)25-4/h5-11,13H,12H2,1-4H3,(H,21,23). The van der Waals surface area contributed by atoms with Crippen molar-refractivity contribution in [2.75, 3.05) is 26.6 Å². The second kappa shape index (κ2) is 8.74. The highest BCUT2D eigenvalue weighted by Gasteiger charge is 2.20. The number of nitrogens with one attached hydrogen (secondary N) is 1. The zero-order valence-corrected chi connectivity index (χ0v) is 15.6. The zero-order chi connectivity index (χ0) is 18.4. The summed E-state index contributed by atoms with van der Waals surface area (Å²) in [7, 11) is 5.02. The van der Waals surface area contributed by atoms with Gasteiger partial charge in [-0.3, -0.25) is 9.69 Å². The Bertz CT molecular complexity index is 736. The molecular weight excluding hydrogens is 340 g/mol. The Morgan fingerprint density at radius 3 is 2.56 bits per heavy atom. The summed E-state index contributed by atoms with van der Waals surface area (Å²) < 4.78 is 10.5. The molecule has 2 aromatic carbocycles. The number of halogens is 1. The van der Waals surface area contributed by atoms with Crippen LogP contribution in [-0.2, 0) is 11.3 Å². The van der Waals surface area contributed by atoms with Crippen LogP contribution in [0.5, 0.6) is 11.5 Å². The van der Waals surface area contributed by atoms with Crippen molar-refractivity contribution in [3.63, 3.8) is 0 Å². The number of hydrogen-bond donors (Lipinski definition) is 1. The van der Waals surface area contributed by atoms with Crippen LogP contribution < -0.4 is 14.8 Å². The van der Waals surface area contributed by atoms with Crippen molar-refractivity contribution in [3.8, 4) is 11.5 Å². The second-order valence-electron chi connectivity index (χ2n) is 5.74. The Labute approximate surface area is 153 Å². The van der Waals surface area contributed by atoms with Gasteiger partial charge >= 0.3 is 0 Å². The van der Waals surface area contributed by atoms with Gasteiger partial charge in [-0.05, 0) is 37.7 Å². The van der Waals surface area contributed by atoms with E-state index in [-0.39, 0.29) is 11.9 Å². The molecule has 0 aliphatic rings. The third-order valence-corrected chi connectivity index (χ3v) is 4.45. The maximum atomic E-state index is 12.6. The summed E-state index contributed by atoms with van der Waals surface area (Å²) in [6.07, 6.45) is 0. The molecule has 25 heavy (non-hydrogen) atoms. The Hall–Kier alpha value is -2.24. The molecule has 0 aliphatic heterocycles. The molecule has 0 aliphatic carbocycles. The number of methoxy groups -OCH3 is 2. The number of ether oxygens (including phenoxy) is 2. The Kier molecular flexibility index (Phi) is 6.67. The number of nitrogens with zero attached hydrogens (tertiary/aromatic N) is 1. The first-order valence-electron chi connectivity index (χ1n) is 7.92. The van der Waals surface area contributed by atoms with Crippen LogP contribution in [0.25, 0.3) is 0 Å². The lowest BCUT2D eigenvalue weighted by atomic mass is 10.2. The minimum Gasteiger partial charge on any atom is -0.497 e. The number of carbonyl (C=O) groups excluding carboxylic acids is 1. The summed E-state index contributed by atoms with van der Waals surface area (Å²) in [4.78, 5) is 14.5. The summed E-state index contributed by atoms with van der Waals surface area (Å²) in [5.74, 6) is 1.09. The summed E-state index contributed by atoms with van der Waals surface area (Å²) in [6, 6.07) is 12.5. The molecule has 1 atom stereocenters. The van der Waals surface area contributed by atoms with E-state index in [0.717, 1.165) is 5.56 Å². The van der Waals surface area contributed by atoms with Crippen LogP contribution in [0.2, 0.25) is 5.02 Å². The number of amides is 1. The van der Waals surface area contributed by atoms with Crippen LogP contribution in [0.4, 0.5) is 5.69 Å². The molecule has 0 aromatic heterocycles. The fourth-order valence-electron chi connectivity index (χ4n) is 2.38. The summed E-state index contributed by atoms with van der Waals surface area (Å²) in [5, 5.41) is 3.59. The monoisotopic (exact) mass is 362 g/mol. The van der Waals surface area contributed by atoms with E-state index in [4.69, 9.17) is 21.1 Å². The number of carbonyl (C=O) groups is 1. The molecule has 5 nitrogen and oxygen atoms in total. The quantitative estimate of drug-likeness (QED) is 0.813. The van der Waals surface area contributed by atoms with Gasteiger partial charge in [0.15, 0.2) is 0 Å². The third kappa shape index (κ3) is 4.87. The van der Waals surface area contributed by atoms with Crippen LogP contribution in [0.3, 0.4) is 0 Å². The molecule has 1 N–H and O–H groups in total. The SMILES string of the molecule is COc1ccc(OC)c(NC(=O)C(C)N(C)Cc2ccccc2Cl)c1. The van der Waals surface area contributed by atoms with Crippen molar-refractivity contribution in [3.05, 3.63) is 53.1 Å². The first-order chi connectivity index (χ1) is 12.0. The summed E-state index contributed by atoms with van der Waals surface area (Å²) in [6.45, 7) is 2.42. The average molecular weight is 363 g/mol. The molecule has 2 aromatic rings. The lowest BCUT2D eigenvalue weighted by molar-refractivity contribution is -0.120. The van der Waals surface area contributed by atoms with Crippen molar-refractivity contribution in [1.29, 1.82) is 0 Å². The molecule has 0 saturated heterocycles. The fraction of sp³-hybridized carbons (Fsp3) is 0.316. The van der Waals surface area contributed by atoms with Crippen molar-refractivity contribution in [2.45, 2.75) is 19.5 Å². The van der Waals surface area contributed by atoms with Crippen molar-refractivity contribution < 1.29 is 14.3 Å².